The summed E-state index contributed by atoms with van der Waals surface area (Å²) in [6.45, 7) is 0. The Labute approximate surface area is 92.5 Å². The highest BCUT2D eigenvalue weighted by Gasteiger charge is 2.33. The summed E-state index contributed by atoms with van der Waals surface area (Å²) in [6.07, 6.45) is -4.95. The van der Waals surface area contributed by atoms with Gasteiger partial charge in [-0.05, 0) is 31.9 Å². The third kappa shape index (κ3) is 3.09. The van der Waals surface area contributed by atoms with Gasteiger partial charge in [-0.3, -0.25) is 0 Å². The van der Waals surface area contributed by atoms with Crippen molar-refractivity contribution in [2.24, 2.45) is 0 Å². The highest BCUT2D eigenvalue weighted by Crippen LogP contribution is 2.32. The number of rotatable bonds is 1. The molecule has 0 aliphatic carbocycles. The van der Waals surface area contributed by atoms with Gasteiger partial charge in [0.2, 0.25) is 0 Å². The highest BCUT2D eigenvalue weighted by atomic mass is 79.9. The van der Waals surface area contributed by atoms with Gasteiger partial charge in [0.05, 0.1) is 0 Å². The molecule has 1 heterocycles. The minimum Gasteiger partial charge on any atom is -0.400 e. The van der Waals surface area contributed by atoms with Crippen molar-refractivity contribution in [1.82, 2.24) is 4.98 Å². The average molecular weight is 339 g/mol. The fraction of sp³-hybridized carbons (Fsp3) is 0.167. The second kappa shape index (κ2) is 4.01. The summed E-state index contributed by atoms with van der Waals surface area (Å²) in [7, 11) is 0. The van der Waals surface area contributed by atoms with Gasteiger partial charge in [-0.1, -0.05) is 0 Å². The van der Waals surface area contributed by atoms with Crippen molar-refractivity contribution in [2.45, 2.75) is 6.36 Å². The third-order valence-electron chi connectivity index (χ3n) is 1.07. The first-order chi connectivity index (χ1) is 6.29. The van der Waals surface area contributed by atoms with E-state index in [1.807, 2.05) is 0 Å². The molecule has 78 valence electrons. The van der Waals surface area contributed by atoms with Crippen LogP contribution < -0.4 is 4.74 Å². The average Bonchev–Trinajstić information content (AvgIpc) is 1.95. The van der Waals surface area contributed by atoms with Gasteiger partial charge in [0.25, 0.3) is 0 Å². The molecule has 8 heteroatoms. The summed E-state index contributed by atoms with van der Waals surface area (Å²) in [4.78, 5) is 3.49. The number of nitrogens with zero attached hydrogens (tertiary/aromatic N) is 1. The Hall–Kier alpha value is -0.370. The molecule has 0 aliphatic heterocycles. The maximum atomic E-state index is 12.9. The number of aromatic nitrogens is 1. The third-order valence-corrected chi connectivity index (χ3v) is 2.02. The van der Waals surface area contributed by atoms with Crippen LogP contribution in [0.25, 0.3) is 0 Å². The van der Waals surface area contributed by atoms with E-state index in [9.17, 15) is 17.6 Å². The van der Waals surface area contributed by atoms with Crippen molar-refractivity contribution in [3.05, 3.63) is 21.1 Å². The predicted molar refractivity (Wildman–Crippen MR) is 46.3 cm³/mol. The Balaban J connectivity index is 3.09. The molecule has 1 rings (SSSR count). The van der Waals surface area contributed by atoms with E-state index in [0.29, 0.717) is 0 Å². The van der Waals surface area contributed by atoms with E-state index < -0.39 is 17.9 Å². The molecule has 0 N–H and O–H groups in total. The number of halogens is 6. The van der Waals surface area contributed by atoms with Gasteiger partial charge >= 0.3 is 6.36 Å². The quantitative estimate of drug-likeness (QED) is 0.576. The maximum absolute atomic E-state index is 12.9. The molecule has 0 saturated heterocycles. The van der Waals surface area contributed by atoms with Gasteiger partial charge in [0, 0.05) is 6.07 Å². The Bertz CT molecular complexity index is 331. The lowest BCUT2D eigenvalue weighted by molar-refractivity contribution is -0.276. The van der Waals surface area contributed by atoms with Crippen LogP contribution in [-0.2, 0) is 0 Å². The van der Waals surface area contributed by atoms with E-state index in [1.54, 1.807) is 0 Å². The largest absolute Gasteiger partial charge is 0.573 e. The molecule has 0 fully saturated rings. The molecule has 2 nitrogen and oxygen atoms in total. The van der Waals surface area contributed by atoms with E-state index in [-0.39, 0.29) is 9.21 Å². The summed E-state index contributed by atoms with van der Waals surface area (Å²) < 4.78 is 51.3. The number of hydrogen-bond donors (Lipinski definition) is 0. The minimum absolute atomic E-state index is 0.0661. The topological polar surface area (TPSA) is 22.1 Å². The van der Waals surface area contributed by atoms with Crippen molar-refractivity contribution in [2.75, 3.05) is 0 Å². The molecular formula is C6HBr2F4NO. The van der Waals surface area contributed by atoms with E-state index in [4.69, 9.17) is 0 Å². The predicted octanol–water partition coefficient (Wildman–Crippen LogP) is 3.64. The summed E-state index contributed by atoms with van der Waals surface area (Å²) in [5.41, 5.74) is 0. The van der Waals surface area contributed by atoms with Crippen LogP contribution in [0.2, 0.25) is 0 Å². The van der Waals surface area contributed by atoms with Crippen LogP contribution in [-0.4, -0.2) is 11.3 Å². The van der Waals surface area contributed by atoms with Crippen molar-refractivity contribution in [3.8, 4) is 5.75 Å². The molecule has 0 spiro atoms. The van der Waals surface area contributed by atoms with Crippen molar-refractivity contribution in [3.63, 3.8) is 0 Å². The lowest BCUT2D eigenvalue weighted by Crippen LogP contribution is -2.18. The summed E-state index contributed by atoms with van der Waals surface area (Å²) in [6, 6.07) is 0.770. The van der Waals surface area contributed by atoms with Gasteiger partial charge in [-0.25, -0.2) is 9.37 Å². The summed E-state index contributed by atoms with van der Waals surface area (Å²) >= 11 is 5.45. The van der Waals surface area contributed by atoms with E-state index in [2.05, 4.69) is 41.6 Å². The molecule has 0 amide bonds. The molecule has 0 aliphatic rings. The lowest BCUT2D eigenvalue weighted by atomic mass is 10.4. The fourth-order valence-electron chi connectivity index (χ4n) is 0.652. The monoisotopic (exact) mass is 337 g/mol. The first-order valence-electron chi connectivity index (χ1n) is 3.07. The molecule has 1 aromatic heterocycles. The van der Waals surface area contributed by atoms with Crippen LogP contribution in [0, 0.1) is 5.82 Å². The summed E-state index contributed by atoms with van der Waals surface area (Å²) in [5.74, 6) is -2.14. The van der Waals surface area contributed by atoms with Crippen molar-refractivity contribution in [1.29, 1.82) is 0 Å². The van der Waals surface area contributed by atoms with Gasteiger partial charge in [-0.15, -0.1) is 13.2 Å². The number of alkyl halides is 3. The van der Waals surface area contributed by atoms with Gasteiger partial charge in [0.1, 0.15) is 4.60 Å². The maximum Gasteiger partial charge on any atom is 0.573 e. The lowest BCUT2D eigenvalue weighted by Gasteiger charge is -2.10. The first kappa shape index (κ1) is 11.7. The van der Waals surface area contributed by atoms with Crippen LogP contribution in [0.5, 0.6) is 5.75 Å². The molecule has 0 radical (unpaired) electrons. The van der Waals surface area contributed by atoms with E-state index >= 15 is 0 Å². The SMILES string of the molecule is Fc1cc(Br)nc(Br)c1OC(F)(F)F. The van der Waals surface area contributed by atoms with Crippen LogP contribution >= 0.6 is 31.9 Å². The van der Waals surface area contributed by atoms with Crippen LogP contribution in [0.3, 0.4) is 0 Å². The second-order valence-corrected chi connectivity index (χ2v) is 3.66. The zero-order valence-corrected chi connectivity index (χ0v) is 9.37. The van der Waals surface area contributed by atoms with E-state index in [1.165, 1.54) is 0 Å². The van der Waals surface area contributed by atoms with Gasteiger partial charge < -0.3 is 4.74 Å². The van der Waals surface area contributed by atoms with Crippen LogP contribution in [0.1, 0.15) is 0 Å². The molecule has 0 atom stereocenters. The summed E-state index contributed by atoms with van der Waals surface area (Å²) in [5, 5.41) is 0. The Kier molecular flexibility index (Phi) is 3.36. The Morgan fingerprint density at radius 2 is 1.86 bits per heavy atom. The Morgan fingerprint density at radius 3 is 2.29 bits per heavy atom. The molecule has 14 heavy (non-hydrogen) atoms. The van der Waals surface area contributed by atoms with Crippen LogP contribution in [0.15, 0.2) is 15.3 Å². The van der Waals surface area contributed by atoms with Gasteiger partial charge in [0.15, 0.2) is 16.2 Å². The molecule has 0 aromatic carbocycles. The molecule has 0 saturated carbocycles. The van der Waals surface area contributed by atoms with Crippen LogP contribution in [0.4, 0.5) is 17.6 Å². The number of ether oxygens (including phenoxy) is 1. The number of pyridine rings is 1. The highest BCUT2D eigenvalue weighted by molar-refractivity contribution is 9.11. The fourth-order valence-corrected chi connectivity index (χ4v) is 1.73. The van der Waals surface area contributed by atoms with E-state index in [0.717, 1.165) is 6.07 Å². The second-order valence-electron chi connectivity index (χ2n) is 2.09. The molecular weight excluding hydrogens is 338 g/mol. The van der Waals surface area contributed by atoms with Crippen molar-refractivity contribution < 1.29 is 22.3 Å². The smallest absolute Gasteiger partial charge is 0.400 e. The Morgan fingerprint density at radius 1 is 1.29 bits per heavy atom. The minimum atomic E-state index is -4.95. The zero-order chi connectivity index (χ0) is 10.9. The molecule has 0 bridgehead atoms. The van der Waals surface area contributed by atoms with Gasteiger partial charge in [-0.2, -0.15) is 0 Å². The van der Waals surface area contributed by atoms with Crippen molar-refractivity contribution >= 4 is 31.9 Å². The first-order valence-corrected chi connectivity index (χ1v) is 4.65. The zero-order valence-electron chi connectivity index (χ0n) is 6.20. The standard InChI is InChI=1S/C6HBr2F4NO/c7-3-1-2(9)4(5(8)13-3)14-6(10,11)12/h1H. The number of hydrogen-bond acceptors (Lipinski definition) is 2. The molecule has 0 unspecified atom stereocenters. The normalized spacial score (nSPS) is 11.6. The molecule has 1 aromatic rings.